The van der Waals surface area contributed by atoms with E-state index in [1.165, 1.54) is 6.07 Å². The molecule has 1 aromatic carbocycles. The Hall–Kier alpha value is -2.04. The summed E-state index contributed by atoms with van der Waals surface area (Å²) in [7, 11) is 1.81. The number of benzene rings is 1. The van der Waals surface area contributed by atoms with Crippen LogP contribution in [0.1, 0.15) is 18.2 Å². The fraction of sp³-hybridized carbons (Fsp3) is 0.333. The lowest BCUT2D eigenvalue weighted by Crippen LogP contribution is -2.37. The Morgan fingerprint density at radius 2 is 2.18 bits per heavy atom. The molecule has 2 rings (SSSR count). The second-order valence-corrected chi connectivity index (χ2v) is 3.97. The molecule has 0 radical (unpaired) electrons. The number of non-ortho nitro benzene ring substituents is 1. The molecule has 0 unspecified atom stereocenters. The number of hydrogen-bond acceptors (Lipinski definition) is 3. The minimum Gasteiger partial charge on any atom is -0.258 e. The van der Waals surface area contributed by atoms with Gasteiger partial charge in [-0.15, -0.1) is 0 Å². The van der Waals surface area contributed by atoms with E-state index in [-0.39, 0.29) is 10.6 Å². The molecule has 0 saturated carbocycles. The Kier molecular flexibility index (Phi) is 2.75. The van der Waals surface area contributed by atoms with Crippen molar-refractivity contribution in [1.29, 1.82) is 0 Å². The van der Waals surface area contributed by atoms with Gasteiger partial charge < -0.3 is 0 Å². The normalized spacial score (nSPS) is 10.8. The second kappa shape index (κ2) is 4.08. The molecule has 5 heteroatoms. The highest BCUT2D eigenvalue weighted by Gasteiger charge is 2.21. The molecule has 0 N–H and O–H groups in total. The Balaban J connectivity index is 2.94. The van der Waals surface area contributed by atoms with E-state index >= 15 is 0 Å². The molecule has 0 aliphatic rings. The van der Waals surface area contributed by atoms with Gasteiger partial charge in [0.15, 0.2) is 7.05 Å². The minimum atomic E-state index is -0.385. The van der Waals surface area contributed by atoms with Crippen LogP contribution in [-0.2, 0) is 13.5 Å². The van der Waals surface area contributed by atoms with E-state index in [0.717, 1.165) is 23.1 Å². The molecule has 0 saturated heterocycles. The number of fused-ring (bicyclic) bond motifs is 1. The zero-order valence-electron chi connectivity index (χ0n) is 10.1. The first-order valence-corrected chi connectivity index (χ1v) is 5.49. The molecular weight excluding hydrogens is 218 g/mol. The van der Waals surface area contributed by atoms with E-state index in [1.807, 2.05) is 27.0 Å². The summed E-state index contributed by atoms with van der Waals surface area (Å²) in [5, 5.41) is 16.1. The fourth-order valence-corrected chi connectivity index (χ4v) is 2.09. The van der Waals surface area contributed by atoms with Crippen molar-refractivity contribution in [1.82, 2.24) is 5.10 Å². The zero-order valence-corrected chi connectivity index (χ0v) is 10.1. The first kappa shape index (κ1) is 11.4. The lowest BCUT2D eigenvalue weighted by atomic mass is 10.0. The van der Waals surface area contributed by atoms with Crippen molar-refractivity contribution in [2.45, 2.75) is 20.3 Å². The molecule has 0 aliphatic carbocycles. The van der Waals surface area contributed by atoms with Crippen LogP contribution in [0.5, 0.6) is 0 Å². The highest BCUT2D eigenvalue weighted by molar-refractivity contribution is 5.89. The summed E-state index contributed by atoms with van der Waals surface area (Å²) in [5.74, 6) is 0. The monoisotopic (exact) mass is 232 g/mol. The van der Waals surface area contributed by atoms with Crippen LogP contribution < -0.4 is 4.68 Å². The van der Waals surface area contributed by atoms with Crippen molar-refractivity contribution in [3.63, 3.8) is 0 Å². The first-order valence-electron chi connectivity index (χ1n) is 5.49. The molecule has 0 amide bonds. The van der Waals surface area contributed by atoms with Crippen LogP contribution in [0.15, 0.2) is 18.2 Å². The SMILES string of the molecule is CCc1c(C)[n+](C)nc2c([N+](=O)[O-])cccc12. The number of nitrogens with zero attached hydrogens (tertiary/aromatic N) is 3. The minimum absolute atomic E-state index is 0.0628. The van der Waals surface area contributed by atoms with Gasteiger partial charge in [0.2, 0.25) is 11.2 Å². The van der Waals surface area contributed by atoms with Crippen LogP contribution in [-0.4, -0.2) is 10.0 Å². The molecule has 1 heterocycles. The molecule has 1 aromatic heterocycles. The lowest BCUT2D eigenvalue weighted by Gasteiger charge is -2.04. The van der Waals surface area contributed by atoms with Gasteiger partial charge in [-0.2, -0.15) is 0 Å². The average Bonchev–Trinajstić information content (AvgIpc) is 2.30. The third kappa shape index (κ3) is 1.73. The summed E-state index contributed by atoms with van der Waals surface area (Å²) < 4.78 is 1.70. The summed E-state index contributed by atoms with van der Waals surface area (Å²) >= 11 is 0. The maximum Gasteiger partial charge on any atom is 0.301 e. The van der Waals surface area contributed by atoms with E-state index in [4.69, 9.17) is 0 Å². The standard InChI is InChI=1S/C12H14N3O2/c1-4-9-8(2)14(3)13-12-10(9)6-5-7-11(12)15(16)17/h5-7H,4H2,1-3H3/q+1. The summed E-state index contributed by atoms with van der Waals surface area (Å²) in [5.41, 5.74) is 2.68. The van der Waals surface area contributed by atoms with Crippen molar-refractivity contribution in [2.24, 2.45) is 7.05 Å². The summed E-state index contributed by atoms with van der Waals surface area (Å²) in [6, 6.07) is 5.09. The van der Waals surface area contributed by atoms with Gasteiger partial charge in [0.05, 0.1) is 4.92 Å². The fourth-order valence-electron chi connectivity index (χ4n) is 2.09. The predicted octanol–water partition coefficient (Wildman–Crippen LogP) is 1.84. The van der Waals surface area contributed by atoms with Gasteiger partial charge in [-0.05, 0) is 6.42 Å². The van der Waals surface area contributed by atoms with Crippen molar-refractivity contribution in [3.05, 3.63) is 39.6 Å². The number of nitro groups is 1. The summed E-state index contributed by atoms with van der Waals surface area (Å²) in [4.78, 5) is 10.6. The second-order valence-electron chi connectivity index (χ2n) is 3.97. The molecule has 0 fully saturated rings. The Labute approximate surface area is 98.8 Å². The molecule has 0 bridgehead atoms. The molecule has 0 atom stereocenters. The van der Waals surface area contributed by atoms with E-state index in [2.05, 4.69) is 5.10 Å². The van der Waals surface area contributed by atoms with Crippen molar-refractivity contribution in [2.75, 3.05) is 0 Å². The van der Waals surface area contributed by atoms with Gasteiger partial charge >= 0.3 is 5.69 Å². The van der Waals surface area contributed by atoms with Crippen LogP contribution in [0.25, 0.3) is 10.9 Å². The van der Waals surface area contributed by atoms with Crippen LogP contribution >= 0.6 is 0 Å². The maximum atomic E-state index is 11.0. The third-order valence-electron chi connectivity index (χ3n) is 3.06. The molecule has 5 nitrogen and oxygen atoms in total. The Morgan fingerprint density at radius 1 is 1.47 bits per heavy atom. The van der Waals surface area contributed by atoms with Crippen molar-refractivity contribution < 1.29 is 9.61 Å². The Bertz CT molecular complexity index is 608. The highest BCUT2D eigenvalue weighted by atomic mass is 16.6. The smallest absolute Gasteiger partial charge is 0.258 e. The van der Waals surface area contributed by atoms with E-state index in [0.29, 0.717) is 5.52 Å². The highest BCUT2D eigenvalue weighted by Crippen LogP contribution is 2.26. The number of nitro benzene ring substituents is 1. The number of aromatic nitrogens is 2. The number of hydrogen-bond donors (Lipinski definition) is 0. The van der Waals surface area contributed by atoms with Gasteiger partial charge in [-0.3, -0.25) is 10.1 Å². The van der Waals surface area contributed by atoms with E-state index in [9.17, 15) is 10.1 Å². The third-order valence-corrected chi connectivity index (χ3v) is 3.06. The van der Waals surface area contributed by atoms with E-state index < -0.39 is 0 Å². The molecule has 2 aromatic rings. The molecule has 0 spiro atoms. The van der Waals surface area contributed by atoms with Crippen LogP contribution in [0, 0.1) is 17.0 Å². The topological polar surface area (TPSA) is 59.9 Å². The van der Waals surface area contributed by atoms with Crippen LogP contribution in [0.4, 0.5) is 5.69 Å². The maximum absolute atomic E-state index is 11.0. The van der Waals surface area contributed by atoms with Gasteiger partial charge in [-0.25, -0.2) is 0 Å². The van der Waals surface area contributed by atoms with Crippen molar-refractivity contribution in [3.8, 4) is 0 Å². The average molecular weight is 232 g/mol. The van der Waals surface area contributed by atoms with Crippen LogP contribution in [0.3, 0.4) is 0 Å². The first-order chi connectivity index (χ1) is 8.06. The lowest BCUT2D eigenvalue weighted by molar-refractivity contribution is -0.734. The van der Waals surface area contributed by atoms with Gasteiger partial charge in [0.1, 0.15) is 0 Å². The molecular formula is C12H14N3O2+. The Morgan fingerprint density at radius 3 is 2.76 bits per heavy atom. The molecule has 0 aliphatic heterocycles. The summed E-state index contributed by atoms with van der Waals surface area (Å²) in [6.07, 6.45) is 0.833. The van der Waals surface area contributed by atoms with Gasteiger partial charge in [0.25, 0.3) is 0 Å². The quantitative estimate of drug-likeness (QED) is 0.451. The molecule has 88 valence electrons. The molecule has 17 heavy (non-hydrogen) atoms. The largest absolute Gasteiger partial charge is 0.301 e. The van der Waals surface area contributed by atoms with E-state index in [1.54, 1.807) is 10.7 Å². The zero-order chi connectivity index (χ0) is 12.6. The predicted molar refractivity (Wildman–Crippen MR) is 63.7 cm³/mol. The number of rotatable bonds is 2. The van der Waals surface area contributed by atoms with Gasteiger partial charge in [0, 0.05) is 29.0 Å². The van der Waals surface area contributed by atoms with Crippen LogP contribution in [0.2, 0.25) is 0 Å². The van der Waals surface area contributed by atoms with Crippen molar-refractivity contribution >= 4 is 16.6 Å². The number of aryl methyl sites for hydroxylation is 2. The summed E-state index contributed by atoms with van der Waals surface area (Å²) in [6.45, 7) is 4.02. The van der Waals surface area contributed by atoms with Gasteiger partial charge in [-0.1, -0.05) is 23.7 Å².